The molecule has 0 aliphatic carbocycles. The minimum Gasteiger partial charge on any atom is -0.467 e. The van der Waals surface area contributed by atoms with E-state index in [1.807, 2.05) is 24.5 Å². The van der Waals surface area contributed by atoms with Crippen molar-refractivity contribution >= 4 is 23.4 Å². The lowest BCUT2D eigenvalue weighted by Gasteiger charge is -2.21. The largest absolute Gasteiger partial charge is 0.467 e. The lowest BCUT2D eigenvalue weighted by atomic mass is 10.3. The van der Waals surface area contributed by atoms with Crippen molar-refractivity contribution in [2.45, 2.75) is 25.5 Å². The van der Waals surface area contributed by atoms with E-state index in [1.165, 1.54) is 0 Å². The van der Waals surface area contributed by atoms with Gasteiger partial charge in [-0.25, -0.2) is 9.97 Å². The van der Waals surface area contributed by atoms with Gasteiger partial charge in [-0.15, -0.1) is 0 Å². The van der Waals surface area contributed by atoms with Gasteiger partial charge in [0.15, 0.2) is 5.16 Å². The van der Waals surface area contributed by atoms with Gasteiger partial charge in [-0.3, -0.25) is 0 Å². The Hall–Kier alpha value is -1.69. The molecule has 0 aliphatic heterocycles. The Morgan fingerprint density at radius 1 is 1.35 bits per heavy atom. The molecular weight excluding hydrogens is 272 g/mol. The number of nitrogens with zero attached hydrogens (tertiary/aromatic N) is 3. The molecular formula is C14H20N4OS. The molecule has 6 heteroatoms. The van der Waals surface area contributed by atoms with Crippen LogP contribution in [0.25, 0.3) is 0 Å². The predicted molar refractivity (Wildman–Crippen MR) is 83.4 cm³/mol. The van der Waals surface area contributed by atoms with Crippen molar-refractivity contribution in [1.82, 2.24) is 9.97 Å². The van der Waals surface area contributed by atoms with Crippen molar-refractivity contribution in [2.75, 3.05) is 29.6 Å². The second-order valence-corrected chi connectivity index (χ2v) is 5.00. The summed E-state index contributed by atoms with van der Waals surface area (Å²) >= 11 is 1.55. The summed E-state index contributed by atoms with van der Waals surface area (Å²) in [6, 6.07) is 5.86. The Kier molecular flexibility index (Phi) is 5.29. The van der Waals surface area contributed by atoms with Crippen LogP contribution in [0, 0.1) is 0 Å². The zero-order valence-corrected chi connectivity index (χ0v) is 12.9. The Labute approximate surface area is 123 Å². The molecule has 5 nitrogen and oxygen atoms in total. The van der Waals surface area contributed by atoms with Crippen LogP contribution in [-0.4, -0.2) is 29.3 Å². The van der Waals surface area contributed by atoms with Crippen molar-refractivity contribution in [3.05, 3.63) is 30.2 Å². The average molecular weight is 292 g/mol. The van der Waals surface area contributed by atoms with Crippen LogP contribution in [-0.2, 0) is 6.54 Å². The molecule has 0 radical (unpaired) electrons. The van der Waals surface area contributed by atoms with Crippen molar-refractivity contribution < 1.29 is 4.42 Å². The first kappa shape index (κ1) is 14.7. The van der Waals surface area contributed by atoms with Crippen LogP contribution in [0.3, 0.4) is 0 Å². The van der Waals surface area contributed by atoms with E-state index in [0.29, 0.717) is 6.54 Å². The van der Waals surface area contributed by atoms with E-state index in [-0.39, 0.29) is 0 Å². The van der Waals surface area contributed by atoms with Gasteiger partial charge in [-0.05, 0) is 32.2 Å². The third-order valence-electron chi connectivity index (χ3n) is 2.87. The van der Waals surface area contributed by atoms with E-state index in [1.54, 1.807) is 18.0 Å². The van der Waals surface area contributed by atoms with Gasteiger partial charge in [0.25, 0.3) is 0 Å². The summed E-state index contributed by atoms with van der Waals surface area (Å²) in [6.07, 6.45) is 3.68. The second kappa shape index (κ2) is 7.19. The number of thioether (sulfide) groups is 1. The van der Waals surface area contributed by atoms with E-state index >= 15 is 0 Å². The Morgan fingerprint density at radius 3 is 2.80 bits per heavy atom. The van der Waals surface area contributed by atoms with Gasteiger partial charge < -0.3 is 14.6 Å². The SMILES string of the molecule is CCNc1cc(N(CC)Cc2ccco2)nc(SC)n1. The van der Waals surface area contributed by atoms with Crippen LogP contribution in [0.15, 0.2) is 34.0 Å². The quantitative estimate of drug-likeness (QED) is 0.624. The van der Waals surface area contributed by atoms with Gasteiger partial charge >= 0.3 is 0 Å². The summed E-state index contributed by atoms with van der Waals surface area (Å²) in [4.78, 5) is 11.2. The molecule has 0 saturated heterocycles. The van der Waals surface area contributed by atoms with Gasteiger partial charge in [0.05, 0.1) is 12.8 Å². The first-order valence-corrected chi connectivity index (χ1v) is 7.93. The highest BCUT2D eigenvalue weighted by Crippen LogP contribution is 2.22. The summed E-state index contributed by atoms with van der Waals surface area (Å²) in [6.45, 7) is 6.57. The first-order valence-electron chi connectivity index (χ1n) is 6.71. The van der Waals surface area contributed by atoms with Crippen molar-refractivity contribution in [1.29, 1.82) is 0 Å². The van der Waals surface area contributed by atoms with Crippen LogP contribution < -0.4 is 10.2 Å². The smallest absolute Gasteiger partial charge is 0.191 e. The molecule has 1 N–H and O–H groups in total. The molecule has 20 heavy (non-hydrogen) atoms. The summed E-state index contributed by atoms with van der Waals surface area (Å²) in [7, 11) is 0. The molecule has 0 aromatic carbocycles. The van der Waals surface area contributed by atoms with Crippen LogP contribution >= 0.6 is 11.8 Å². The highest BCUT2D eigenvalue weighted by molar-refractivity contribution is 7.98. The third-order valence-corrected chi connectivity index (χ3v) is 3.41. The third kappa shape index (κ3) is 3.66. The first-order chi connectivity index (χ1) is 9.76. The van der Waals surface area contributed by atoms with E-state index in [9.17, 15) is 0 Å². The molecule has 0 bridgehead atoms. The molecule has 2 heterocycles. The number of hydrogen-bond donors (Lipinski definition) is 1. The Balaban J connectivity index is 2.25. The van der Waals surface area contributed by atoms with Crippen LogP contribution in [0.5, 0.6) is 0 Å². The number of anilines is 2. The number of furan rings is 1. The molecule has 0 saturated carbocycles. The molecule has 0 amide bonds. The molecule has 108 valence electrons. The number of aromatic nitrogens is 2. The highest BCUT2D eigenvalue weighted by Gasteiger charge is 2.12. The molecule has 0 aliphatic rings. The maximum atomic E-state index is 5.42. The topological polar surface area (TPSA) is 54.2 Å². The van der Waals surface area contributed by atoms with Gasteiger partial charge in [0.2, 0.25) is 0 Å². The second-order valence-electron chi connectivity index (χ2n) is 4.22. The van der Waals surface area contributed by atoms with Crippen LogP contribution in [0.2, 0.25) is 0 Å². The van der Waals surface area contributed by atoms with Crippen molar-refractivity contribution in [2.24, 2.45) is 0 Å². The molecule has 0 spiro atoms. The maximum Gasteiger partial charge on any atom is 0.191 e. The summed E-state index contributed by atoms with van der Waals surface area (Å²) in [5.74, 6) is 2.71. The molecule has 2 rings (SSSR count). The Bertz CT molecular complexity index is 530. The van der Waals surface area contributed by atoms with E-state index in [0.717, 1.165) is 35.6 Å². The highest BCUT2D eigenvalue weighted by atomic mass is 32.2. The van der Waals surface area contributed by atoms with Gasteiger partial charge in [0.1, 0.15) is 17.4 Å². The van der Waals surface area contributed by atoms with Crippen molar-refractivity contribution in [3.63, 3.8) is 0 Å². The molecule has 2 aromatic heterocycles. The van der Waals surface area contributed by atoms with E-state index < -0.39 is 0 Å². The van der Waals surface area contributed by atoms with E-state index in [2.05, 4.69) is 34.0 Å². The van der Waals surface area contributed by atoms with Crippen LogP contribution in [0.4, 0.5) is 11.6 Å². The lowest BCUT2D eigenvalue weighted by Crippen LogP contribution is -2.23. The minimum atomic E-state index is 0.708. The fourth-order valence-electron chi connectivity index (χ4n) is 1.88. The minimum absolute atomic E-state index is 0.708. The number of hydrogen-bond acceptors (Lipinski definition) is 6. The van der Waals surface area contributed by atoms with Crippen molar-refractivity contribution in [3.8, 4) is 0 Å². The zero-order chi connectivity index (χ0) is 14.4. The fraction of sp³-hybridized carbons (Fsp3) is 0.429. The van der Waals surface area contributed by atoms with Gasteiger partial charge in [-0.2, -0.15) is 0 Å². The zero-order valence-electron chi connectivity index (χ0n) is 12.1. The average Bonchev–Trinajstić information content (AvgIpc) is 2.97. The predicted octanol–water partition coefficient (Wildman–Crippen LogP) is 3.25. The lowest BCUT2D eigenvalue weighted by molar-refractivity contribution is 0.502. The Morgan fingerprint density at radius 2 is 2.20 bits per heavy atom. The number of nitrogens with one attached hydrogen (secondary N) is 1. The van der Waals surface area contributed by atoms with E-state index in [4.69, 9.17) is 4.42 Å². The normalized spacial score (nSPS) is 10.6. The summed E-state index contributed by atoms with van der Waals surface area (Å²) in [5, 5.41) is 4.02. The summed E-state index contributed by atoms with van der Waals surface area (Å²) in [5.41, 5.74) is 0. The maximum absolute atomic E-state index is 5.42. The summed E-state index contributed by atoms with van der Waals surface area (Å²) < 4.78 is 5.42. The monoisotopic (exact) mass is 292 g/mol. The number of rotatable bonds is 7. The van der Waals surface area contributed by atoms with Crippen LogP contribution in [0.1, 0.15) is 19.6 Å². The fourth-order valence-corrected chi connectivity index (χ4v) is 2.26. The van der Waals surface area contributed by atoms with Gasteiger partial charge in [0, 0.05) is 19.2 Å². The molecule has 0 unspecified atom stereocenters. The molecule has 2 aromatic rings. The van der Waals surface area contributed by atoms with Gasteiger partial charge in [-0.1, -0.05) is 11.8 Å². The standard InChI is InChI=1S/C14H20N4OS/c1-4-15-12-9-13(17-14(16-12)20-3)18(5-2)10-11-7-6-8-19-11/h6-9H,4-5,10H2,1-3H3,(H,15,16,17). The molecule has 0 atom stereocenters. The molecule has 0 fully saturated rings.